The number of hydrogen-bond donors (Lipinski definition) is 5. The van der Waals surface area contributed by atoms with Crippen LogP contribution in [-0.4, -0.2) is 57.5 Å². The fourth-order valence-corrected chi connectivity index (χ4v) is 2.58. The second kappa shape index (κ2) is 5.78. The lowest BCUT2D eigenvalue weighted by atomic mass is 9.99. The van der Waals surface area contributed by atoms with Gasteiger partial charge in [0.15, 0.2) is 23.0 Å². The van der Waals surface area contributed by atoms with Gasteiger partial charge in [-0.3, -0.25) is 0 Å². The third-order valence-electron chi connectivity index (χ3n) is 3.22. The fourth-order valence-electron chi connectivity index (χ4n) is 2.21. The molecule has 112 valence electrons. The topological polar surface area (TPSA) is 126 Å². The van der Waals surface area contributed by atoms with Gasteiger partial charge in [0.2, 0.25) is 0 Å². The average Bonchev–Trinajstić information content (AvgIpc) is 2.41. The number of aliphatic hydroxyl groups excluding tert-OH is 2. The number of thioether (sulfide) groups is 1. The molecule has 0 aromatic carbocycles. The molecule has 0 saturated carbocycles. The second-order valence-corrected chi connectivity index (χ2v) is 5.22. The van der Waals surface area contributed by atoms with Crippen molar-refractivity contribution in [2.45, 2.75) is 29.6 Å². The second-order valence-electron chi connectivity index (χ2n) is 4.45. The van der Waals surface area contributed by atoms with E-state index in [1.807, 2.05) is 6.26 Å². The van der Waals surface area contributed by atoms with Gasteiger partial charge in [-0.05, 0) is 6.26 Å². The van der Waals surface area contributed by atoms with E-state index in [4.69, 9.17) is 10.5 Å². The SMILES string of the molecule is CSc1nc(N)c2c(n1)NC1OC[C@H](O)[C@H](O)C1N2.Cl. The number of halogens is 1. The van der Waals surface area contributed by atoms with Crippen LogP contribution >= 0.6 is 24.2 Å². The van der Waals surface area contributed by atoms with E-state index in [1.54, 1.807) is 0 Å². The van der Waals surface area contributed by atoms with E-state index in [0.717, 1.165) is 0 Å². The predicted octanol–water partition coefficient (Wildman–Crippen LogP) is -0.513. The molecule has 0 radical (unpaired) electrons. The third kappa shape index (κ3) is 2.47. The summed E-state index contributed by atoms with van der Waals surface area (Å²) in [6.07, 6.45) is -0.476. The summed E-state index contributed by atoms with van der Waals surface area (Å²) in [5, 5.41) is 26.2. The van der Waals surface area contributed by atoms with Crippen LogP contribution in [0.1, 0.15) is 0 Å². The Morgan fingerprint density at radius 1 is 1.35 bits per heavy atom. The number of nitrogens with two attached hydrogens (primary N) is 1. The molecule has 6 N–H and O–H groups in total. The van der Waals surface area contributed by atoms with Crippen molar-refractivity contribution < 1.29 is 14.9 Å². The van der Waals surface area contributed by atoms with Crippen molar-refractivity contribution in [2.75, 3.05) is 29.2 Å². The van der Waals surface area contributed by atoms with Gasteiger partial charge in [-0.15, -0.1) is 12.4 Å². The van der Waals surface area contributed by atoms with Crippen LogP contribution in [-0.2, 0) is 4.74 Å². The van der Waals surface area contributed by atoms with Crippen LogP contribution in [0, 0.1) is 0 Å². The van der Waals surface area contributed by atoms with Crippen LogP contribution in [0.3, 0.4) is 0 Å². The van der Waals surface area contributed by atoms with Crippen molar-refractivity contribution in [3.63, 3.8) is 0 Å². The molecule has 3 heterocycles. The van der Waals surface area contributed by atoms with E-state index in [0.29, 0.717) is 22.5 Å². The average molecular weight is 322 g/mol. The molecule has 3 rings (SSSR count). The van der Waals surface area contributed by atoms with E-state index in [-0.39, 0.29) is 19.0 Å². The highest BCUT2D eigenvalue weighted by molar-refractivity contribution is 7.98. The van der Waals surface area contributed by atoms with Crippen LogP contribution in [0.2, 0.25) is 0 Å². The molecule has 2 aliphatic heterocycles. The van der Waals surface area contributed by atoms with Crippen LogP contribution in [0.4, 0.5) is 17.3 Å². The largest absolute Gasteiger partial charge is 0.388 e. The minimum Gasteiger partial charge on any atom is -0.388 e. The first kappa shape index (κ1) is 15.4. The summed E-state index contributed by atoms with van der Waals surface area (Å²) in [5.41, 5.74) is 6.39. The van der Waals surface area contributed by atoms with E-state index in [9.17, 15) is 10.2 Å². The summed E-state index contributed by atoms with van der Waals surface area (Å²) in [5.74, 6) is 0.842. The zero-order chi connectivity index (χ0) is 13.6. The quantitative estimate of drug-likeness (QED) is 0.343. The molecule has 1 aromatic heterocycles. The molecule has 2 unspecified atom stereocenters. The number of nitrogens with one attached hydrogen (secondary N) is 2. The third-order valence-corrected chi connectivity index (χ3v) is 3.77. The van der Waals surface area contributed by atoms with E-state index in [2.05, 4.69) is 20.6 Å². The number of nitrogens with zero attached hydrogens (tertiary/aromatic N) is 2. The number of rotatable bonds is 1. The maximum atomic E-state index is 9.97. The summed E-state index contributed by atoms with van der Waals surface area (Å²) in [6, 6.07) is -0.498. The van der Waals surface area contributed by atoms with Gasteiger partial charge >= 0.3 is 0 Å². The Morgan fingerprint density at radius 2 is 2.10 bits per heavy atom. The molecule has 1 fully saturated rings. The van der Waals surface area contributed by atoms with Crippen molar-refractivity contribution in [2.24, 2.45) is 0 Å². The molecule has 1 saturated heterocycles. The minimum absolute atomic E-state index is 0. The first-order chi connectivity index (χ1) is 9.10. The van der Waals surface area contributed by atoms with Gasteiger partial charge in [-0.1, -0.05) is 11.8 Å². The maximum absolute atomic E-state index is 9.97. The summed E-state index contributed by atoms with van der Waals surface area (Å²) in [7, 11) is 0. The maximum Gasteiger partial charge on any atom is 0.191 e. The monoisotopic (exact) mass is 321 g/mol. The summed E-state index contributed by atoms with van der Waals surface area (Å²) >= 11 is 1.39. The number of hydrogen-bond acceptors (Lipinski definition) is 9. The molecule has 4 atom stereocenters. The molecule has 2 aliphatic rings. The molecular formula is C10H16ClN5O3S. The number of ether oxygens (including phenoxy) is 1. The molecule has 0 aliphatic carbocycles. The molecule has 8 nitrogen and oxygen atoms in total. The smallest absolute Gasteiger partial charge is 0.191 e. The van der Waals surface area contributed by atoms with E-state index in [1.165, 1.54) is 11.8 Å². The van der Waals surface area contributed by atoms with Crippen LogP contribution in [0.25, 0.3) is 0 Å². The Morgan fingerprint density at radius 3 is 2.80 bits per heavy atom. The predicted molar refractivity (Wildman–Crippen MR) is 78.3 cm³/mol. The van der Waals surface area contributed by atoms with Crippen LogP contribution < -0.4 is 16.4 Å². The standard InChI is InChI=1S/C10H15N5O3S.ClH/c1-19-10-13-7(11)5-8(15-10)14-9-4(12-5)6(17)3(16)2-18-9;/h3-4,6,9,12,16-17H,2H2,1H3,(H3,11,13,14,15);1H/t3-,4?,6-,9?;/m0./s1. The Kier molecular flexibility index (Phi) is 4.45. The van der Waals surface area contributed by atoms with Gasteiger partial charge in [0, 0.05) is 0 Å². The highest BCUT2D eigenvalue weighted by Gasteiger charge is 2.42. The minimum atomic E-state index is -0.945. The number of aliphatic hydroxyl groups is 2. The van der Waals surface area contributed by atoms with Gasteiger partial charge in [-0.2, -0.15) is 0 Å². The normalized spacial score (nSPS) is 31.1. The molecule has 1 aromatic rings. The van der Waals surface area contributed by atoms with Crippen LogP contribution in [0.15, 0.2) is 5.16 Å². The summed E-state index contributed by atoms with van der Waals surface area (Å²) in [4.78, 5) is 8.43. The van der Waals surface area contributed by atoms with Gasteiger partial charge in [-0.25, -0.2) is 9.97 Å². The zero-order valence-corrected chi connectivity index (χ0v) is 12.2. The van der Waals surface area contributed by atoms with Gasteiger partial charge in [0.05, 0.1) is 12.6 Å². The highest BCUT2D eigenvalue weighted by Crippen LogP contribution is 2.35. The lowest BCUT2D eigenvalue weighted by Crippen LogP contribution is -2.60. The zero-order valence-electron chi connectivity index (χ0n) is 10.6. The van der Waals surface area contributed by atoms with Crippen molar-refractivity contribution in [3.05, 3.63) is 0 Å². The number of nitrogen functional groups attached to an aromatic ring is 1. The number of aromatic nitrogens is 2. The molecule has 20 heavy (non-hydrogen) atoms. The Labute approximate surface area is 125 Å². The van der Waals surface area contributed by atoms with Crippen molar-refractivity contribution in [1.82, 2.24) is 9.97 Å². The lowest BCUT2D eigenvalue weighted by molar-refractivity contribution is -0.121. The number of anilines is 3. The number of fused-ring (bicyclic) bond motifs is 2. The van der Waals surface area contributed by atoms with Gasteiger partial charge in [0.1, 0.15) is 17.9 Å². The Bertz CT molecular complexity index is 508. The van der Waals surface area contributed by atoms with E-state index < -0.39 is 24.5 Å². The fraction of sp³-hybridized carbons (Fsp3) is 0.600. The first-order valence-corrected chi connectivity index (χ1v) is 7.05. The van der Waals surface area contributed by atoms with Crippen molar-refractivity contribution >= 4 is 41.5 Å². The highest BCUT2D eigenvalue weighted by atomic mass is 35.5. The first-order valence-electron chi connectivity index (χ1n) is 5.82. The molecule has 10 heteroatoms. The Balaban J connectivity index is 0.00000147. The molecule has 0 bridgehead atoms. The summed E-state index contributed by atoms with van der Waals surface area (Å²) < 4.78 is 5.44. The Hall–Kier alpha value is -1.00. The van der Waals surface area contributed by atoms with Crippen LogP contribution in [0.5, 0.6) is 0 Å². The summed E-state index contributed by atoms with van der Waals surface area (Å²) in [6.45, 7) is 0.0717. The molecular weight excluding hydrogens is 306 g/mol. The van der Waals surface area contributed by atoms with Gasteiger partial charge in [0.25, 0.3) is 0 Å². The van der Waals surface area contributed by atoms with Crippen molar-refractivity contribution in [3.8, 4) is 0 Å². The van der Waals surface area contributed by atoms with E-state index >= 15 is 0 Å². The van der Waals surface area contributed by atoms with Crippen molar-refractivity contribution in [1.29, 1.82) is 0 Å². The van der Waals surface area contributed by atoms with Gasteiger partial charge < -0.3 is 31.3 Å². The molecule has 0 spiro atoms. The molecule has 0 amide bonds. The lowest BCUT2D eigenvalue weighted by Gasteiger charge is -2.42.